The van der Waals surface area contributed by atoms with Gasteiger partial charge < -0.3 is 24.6 Å². The van der Waals surface area contributed by atoms with E-state index in [4.69, 9.17) is 4.74 Å². The molecule has 11 heteroatoms. The number of anilines is 1. The first-order valence-corrected chi connectivity index (χ1v) is 16.4. The van der Waals surface area contributed by atoms with E-state index in [-0.39, 0.29) is 17.8 Å². The molecule has 1 unspecified atom stereocenters. The number of nitrogens with one attached hydrogen (secondary N) is 1. The molecule has 0 aliphatic carbocycles. The number of phenols is 1. The molecule has 0 aliphatic heterocycles. The van der Waals surface area contributed by atoms with Crippen LogP contribution in [0.2, 0.25) is 0 Å². The number of methoxy groups -OCH3 is 1. The second-order valence-electron chi connectivity index (χ2n) is 10.9. The Kier molecular flexibility index (Phi) is 19.9. The highest BCUT2D eigenvalue weighted by Gasteiger charge is 2.31. The molecule has 0 saturated carbocycles. The Morgan fingerprint density at radius 2 is 1.64 bits per heavy atom. The standard InChI is InChI=1S/C28H42F3N3O3.C6H12O2/c1-5-8-10-11-13-20(7-3)32-27-23(14-9-6-2)22(15-12-18-36-4)26(33-34-27)24-17-16-21(19-25(24)35)37-28(29,30)31;1-3-5-6(7)8-4-2/h16-17,19-20,35H,5-15,18H2,1-4H3,(H,32,34);3-5H2,1-2H3. The molecule has 0 fully saturated rings. The van der Waals surface area contributed by atoms with Gasteiger partial charge in [-0.25, -0.2) is 0 Å². The van der Waals surface area contributed by atoms with E-state index in [1.807, 2.05) is 13.8 Å². The fourth-order valence-electron chi connectivity index (χ4n) is 4.86. The summed E-state index contributed by atoms with van der Waals surface area (Å²) in [7, 11) is 1.65. The SMILES string of the molecule is CCCC(=O)OCC.CCCCCCC(CC)Nc1nnc(-c2ccc(OC(F)(F)F)cc2O)c(CCCOC)c1CCCC. The number of unbranched alkanes of at least 4 members (excludes halogenated alkanes) is 4. The normalized spacial score (nSPS) is 11.8. The quantitative estimate of drug-likeness (QED) is 0.109. The summed E-state index contributed by atoms with van der Waals surface area (Å²) >= 11 is 0. The van der Waals surface area contributed by atoms with Crippen molar-refractivity contribution in [2.24, 2.45) is 0 Å². The van der Waals surface area contributed by atoms with Gasteiger partial charge in [0.05, 0.1) is 6.61 Å². The van der Waals surface area contributed by atoms with Crippen LogP contribution in [-0.4, -0.2) is 54.0 Å². The van der Waals surface area contributed by atoms with Crippen LogP contribution in [0.15, 0.2) is 18.2 Å². The van der Waals surface area contributed by atoms with Gasteiger partial charge in [-0.15, -0.1) is 23.4 Å². The number of esters is 1. The Bertz CT molecular complexity index is 1110. The van der Waals surface area contributed by atoms with E-state index < -0.39 is 12.1 Å². The number of phenolic OH excluding ortho intramolecular Hbond substituents is 1. The Labute approximate surface area is 267 Å². The van der Waals surface area contributed by atoms with E-state index in [9.17, 15) is 23.1 Å². The van der Waals surface area contributed by atoms with Gasteiger partial charge in [0.1, 0.15) is 17.2 Å². The summed E-state index contributed by atoms with van der Waals surface area (Å²) in [6.07, 6.45) is 7.48. The minimum absolute atomic E-state index is 0.0880. The lowest BCUT2D eigenvalue weighted by Crippen LogP contribution is -2.22. The molecule has 2 N–H and O–H groups in total. The van der Waals surface area contributed by atoms with Crippen molar-refractivity contribution in [3.8, 4) is 22.8 Å². The third kappa shape index (κ3) is 15.7. The first kappa shape index (κ1) is 39.9. The summed E-state index contributed by atoms with van der Waals surface area (Å²) in [6, 6.07) is 3.82. The molecule has 1 aromatic heterocycles. The van der Waals surface area contributed by atoms with Crippen LogP contribution in [0.25, 0.3) is 11.3 Å². The number of halogens is 3. The highest BCUT2D eigenvalue weighted by molar-refractivity contribution is 5.73. The maximum atomic E-state index is 12.7. The van der Waals surface area contributed by atoms with Crippen molar-refractivity contribution in [2.45, 2.75) is 130 Å². The molecule has 45 heavy (non-hydrogen) atoms. The molecule has 0 radical (unpaired) electrons. The van der Waals surface area contributed by atoms with Crippen molar-refractivity contribution in [3.05, 3.63) is 29.3 Å². The Morgan fingerprint density at radius 3 is 2.22 bits per heavy atom. The van der Waals surface area contributed by atoms with Gasteiger partial charge >= 0.3 is 12.3 Å². The van der Waals surface area contributed by atoms with Gasteiger partial charge in [0.25, 0.3) is 0 Å². The molecule has 2 aromatic rings. The predicted octanol–water partition coefficient (Wildman–Crippen LogP) is 9.18. The van der Waals surface area contributed by atoms with Crippen LogP contribution in [0.4, 0.5) is 19.0 Å². The van der Waals surface area contributed by atoms with Gasteiger partial charge in [0.15, 0.2) is 5.82 Å². The van der Waals surface area contributed by atoms with E-state index in [1.165, 1.54) is 31.4 Å². The van der Waals surface area contributed by atoms with Crippen LogP contribution in [-0.2, 0) is 27.1 Å². The van der Waals surface area contributed by atoms with E-state index in [0.29, 0.717) is 37.3 Å². The minimum atomic E-state index is -4.84. The molecule has 256 valence electrons. The summed E-state index contributed by atoms with van der Waals surface area (Å²) < 4.78 is 51.8. The lowest BCUT2D eigenvalue weighted by atomic mass is 9.94. The van der Waals surface area contributed by atoms with Crippen molar-refractivity contribution in [1.82, 2.24) is 10.2 Å². The highest BCUT2D eigenvalue weighted by Crippen LogP contribution is 2.38. The fourth-order valence-corrected chi connectivity index (χ4v) is 4.86. The zero-order valence-electron chi connectivity index (χ0n) is 28.0. The first-order chi connectivity index (χ1) is 21.5. The molecular weight excluding hydrogens is 587 g/mol. The van der Waals surface area contributed by atoms with Crippen molar-refractivity contribution in [3.63, 3.8) is 0 Å². The summed E-state index contributed by atoms with van der Waals surface area (Å²) in [4.78, 5) is 10.4. The number of carbonyl (C=O) groups excluding carboxylic acids is 1. The second-order valence-corrected chi connectivity index (χ2v) is 10.9. The van der Waals surface area contributed by atoms with Gasteiger partial charge in [-0.1, -0.05) is 59.8 Å². The van der Waals surface area contributed by atoms with Gasteiger partial charge in [-0.2, -0.15) is 0 Å². The molecule has 0 amide bonds. The number of aromatic hydroxyl groups is 1. The van der Waals surface area contributed by atoms with E-state index in [2.05, 4.69) is 45.8 Å². The molecule has 0 bridgehead atoms. The van der Waals surface area contributed by atoms with Crippen LogP contribution >= 0.6 is 0 Å². The summed E-state index contributed by atoms with van der Waals surface area (Å²) in [6.45, 7) is 11.3. The zero-order valence-corrected chi connectivity index (χ0v) is 28.0. The smallest absolute Gasteiger partial charge is 0.507 e. The topological polar surface area (TPSA) is 103 Å². The number of nitrogens with zero attached hydrogens (tertiary/aromatic N) is 2. The second kappa shape index (κ2) is 22.4. The number of aromatic nitrogens is 2. The van der Waals surface area contributed by atoms with Gasteiger partial charge in [-0.05, 0) is 69.6 Å². The average molecular weight is 642 g/mol. The molecule has 2 rings (SSSR count). The molecule has 1 aromatic carbocycles. The molecule has 1 atom stereocenters. The lowest BCUT2D eigenvalue weighted by Gasteiger charge is -2.23. The van der Waals surface area contributed by atoms with Crippen molar-refractivity contribution >= 4 is 11.8 Å². The molecular formula is C34H54F3N3O5. The Morgan fingerprint density at radius 1 is 0.933 bits per heavy atom. The largest absolute Gasteiger partial charge is 0.573 e. The van der Waals surface area contributed by atoms with Crippen LogP contribution in [0.1, 0.15) is 116 Å². The molecule has 8 nitrogen and oxygen atoms in total. The fraction of sp³-hybridized carbons (Fsp3) is 0.676. The van der Waals surface area contributed by atoms with Crippen LogP contribution < -0.4 is 10.1 Å². The molecule has 0 saturated heterocycles. The molecule has 1 heterocycles. The van der Waals surface area contributed by atoms with Crippen molar-refractivity contribution < 1.29 is 37.3 Å². The van der Waals surface area contributed by atoms with Gasteiger partial charge in [0.2, 0.25) is 0 Å². The maximum Gasteiger partial charge on any atom is 0.573 e. The zero-order chi connectivity index (χ0) is 33.7. The number of alkyl halides is 3. The third-order valence-corrected chi connectivity index (χ3v) is 7.20. The predicted molar refractivity (Wildman–Crippen MR) is 173 cm³/mol. The number of hydrogen-bond acceptors (Lipinski definition) is 8. The monoisotopic (exact) mass is 641 g/mol. The van der Waals surface area contributed by atoms with Crippen molar-refractivity contribution in [1.29, 1.82) is 0 Å². The minimum Gasteiger partial charge on any atom is -0.507 e. The number of rotatable bonds is 20. The van der Waals surface area contributed by atoms with Gasteiger partial charge in [0, 0.05) is 43.4 Å². The van der Waals surface area contributed by atoms with Gasteiger partial charge in [-0.3, -0.25) is 4.79 Å². The number of benzene rings is 1. The number of carbonyl (C=O) groups is 1. The van der Waals surface area contributed by atoms with Crippen molar-refractivity contribution in [2.75, 3.05) is 25.6 Å². The highest BCUT2D eigenvalue weighted by atomic mass is 19.4. The third-order valence-electron chi connectivity index (χ3n) is 7.20. The average Bonchev–Trinajstić information content (AvgIpc) is 2.98. The van der Waals surface area contributed by atoms with E-state index in [0.717, 1.165) is 74.4 Å². The van der Waals surface area contributed by atoms with E-state index >= 15 is 0 Å². The summed E-state index contributed by atoms with van der Waals surface area (Å²) in [5, 5.41) is 23.3. The van der Waals surface area contributed by atoms with Crippen LogP contribution in [0.3, 0.4) is 0 Å². The Hall–Kier alpha value is -3.08. The lowest BCUT2D eigenvalue weighted by molar-refractivity contribution is -0.274. The Balaban J connectivity index is 0.00000111. The molecule has 0 aliphatic rings. The van der Waals surface area contributed by atoms with E-state index in [1.54, 1.807) is 7.11 Å². The molecule has 0 spiro atoms. The number of ether oxygens (including phenoxy) is 3. The first-order valence-electron chi connectivity index (χ1n) is 16.4. The van der Waals surface area contributed by atoms with Crippen LogP contribution in [0.5, 0.6) is 11.5 Å². The summed E-state index contributed by atoms with van der Waals surface area (Å²) in [5.41, 5.74) is 2.78. The number of hydrogen-bond donors (Lipinski definition) is 2. The maximum absolute atomic E-state index is 12.7. The summed E-state index contributed by atoms with van der Waals surface area (Å²) in [5.74, 6) is -0.159. The van der Waals surface area contributed by atoms with Crippen LogP contribution in [0, 0.1) is 0 Å².